The molecule has 1 fully saturated rings. The number of Topliss-reactive ketones (excluding diaryl/α,β-unsaturated/α-hetero) is 1. The molecular formula is C36H58N6O7S. The molecule has 1 heterocycles. The quantitative estimate of drug-likeness (QED) is 0.114. The van der Waals surface area contributed by atoms with Gasteiger partial charge in [0.25, 0.3) is 5.91 Å². The topological polar surface area (TPSA) is 183 Å². The number of nitrogens with one attached hydrogen (secondary N) is 5. The number of rotatable bonds is 18. The first-order valence-electron chi connectivity index (χ1n) is 17.5. The molecule has 13 nitrogen and oxygen atoms in total. The molecule has 0 aliphatic carbocycles. The second-order valence-electron chi connectivity index (χ2n) is 14.7. The van der Waals surface area contributed by atoms with E-state index in [9.17, 15) is 32.4 Å². The van der Waals surface area contributed by atoms with Gasteiger partial charge in [-0.15, -0.1) is 6.58 Å². The lowest BCUT2D eigenvalue weighted by Gasteiger charge is -2.37. The van der Waals surface area contributed by atoms with Crippen LogP contribution in [0.15, 0.2) is 47.9 Å². The van der Waals surface area contributed by atoms with Crippen molar-refractivity contribution >= 4 is 39.6 Å². The van der Waals surface area contributed by atoms with Crippen LogP contribution in [-0.4, -0.2) is 86.7 Å². The van der Waals surface area contributed by atoms with Gasteiger partial charge in [0, 0.05) is 25.7 Å². The summed E-state index contributed by atoms with van der Waals surface area (Å²) in [6.45, 7) is 18.8. The Kier molecular flexibility index (Phi) is 16.1. The number of urea groups is 1. The van der Waals surface area contributed by atoms with Crippen LogP contribution in [0.4, 0.5) is 4.79 Å². The Morgan fingerprint density at radius 1 is 1.00 bits per heavy atom. The lowest BCUT2D eigenvalue weighted by Crippen LogP contribution is -2.62. The minimum absolute atomic E-state index is 0.0139. The van der Waals surface area contributed by atoms with Gasteiger partial charge < -0.3 is 26.2 Å². The number of benzene rings is 1. The van der Waals surface area contributed by atoms with Gasteiger partial charge >= 0.3 is 6.03 Å². The molecule has 0 bridgehead atoms. The minimum atomic E-state index is -3.82. The number of hydrogen-bond acceptors (Lipinski definition) is 7. The van der Waals surface area contributed by atoms with Gasteiger partial charge in [0.2, 0.25) is 27.6 Å². The fourth-order valence-electron chi connectivity index (χ4n) is 5.93. The minimum Gasteiger partial charge on any atom is -0.346 e. The van der Waals surface area contributed by atoms with E-state index in [4.69, 9.17) is 0 Å². The van der Waals surface area contributed by atoms with Gasteiger partial charge in [0.05, 0.1) is 10.9 Å². The predicted molar refractivity (Wildman–Crippen MR) is 193 cm³/mol. The maximum Gasteiger partial charge on any atom is 0.315 e. The maximum absolute atomic E-state index is 14.3. The highest BCUT2D eigenvalue weighted by atomic mass is 32.2. The van der Waals surface area contributed by atoms with E-state index in [1.54, 1.807) is 39.0 Å². The molecule has 1 saturated heterocycles. The molecule has 1 aliphatic rings. The van der Waals surface area contributed by atoms with Crippen molar-refractivity contribution in [2.24, 2.45) is 23.2 Å². The van der Waals surface area contributed by atoms with Gasteiger partial charge in [-0.1, -0.05) is 92.5 Å². The first-order chi connectivity index (χ1) is 23.3. The van der Waals surface area contributed by atoms with Crippen LogP contribution in [0, 0.1) is 23.2 Å². The lowest BCUT2D eigenvalue weighted by molar-refractivity contribution is -0.144. The largest absolute Gasteiger partial charge is 0.346 e. The van der Waals surface area contributed by atoms with Crippen LogP contribution in [0.2, 0.25) is 0 Å². The van der Waals surface area contributed by atoms with Crippen molar-refractivity contribution in [1.82, 2.24) is 30.9 Å². The molecule has 5 amide bonds. The molecule has 0 radical (unpaired) electrons. The van der Waals surface area contributed by atoms with Crippen LogP contribution in [0.25, 0.3) is 0 Å². The highest BCUT2D eigenvalue weighted by molar-refractivity contribution is 7.89. The number of amides is 5. The van der Waals surface area contributed by atoms with Gasteiger partial charge in [-0.25, -0.2) is 17.9 Å². The highest BCUT2D eigenvalue weighted by Gasteiger charge is 2.47. The van der Waals surface area contributed by atoms with Crippen LogP contribution in [0.1, 0.15) is 81.1 Å². The summed E-state index contributed by atoms with van der Waals surface area (Å²) in [7, 11) is -3.82. The molecule has 0 spiro atoms. The lowest BCUT2D eigenvalue weighted by atomic mass is 9.84. The van der Waals surface area contributed by atoms with E-state index in [0.29, 0.717) is 12.8 Å². The van der Waals surface area contributed by atoms with Crippen LogP contribution in [0.5, 0.6) is 0 Å². The summed E-state index contributed by atoms with van der Waals surface area (Å²) in [4.78, 5) is 69.0. The molecule has 5 N–H and O–H groups in total. The van der Waals surface area contributed by atoms with E-state index in [1.165, 1.54) is 23.1 Å². The first-order valence-corrected chi connectivity index (χ1v) is 19.0. The summed E-state index contributed by atoms with van der Waals surface area (Å²) in [5, 5.41) is 10.9. The Hall–Kier alpha value is -3.78. The zero-order chi connectivity index (χ0) is 37.8. The van der Waals surface area contributed by atoms with E-state index < -0.39 is 69.1 Å². The number of unbranched alkanes of at least 4 members (excludes halogenated alkanes) is 1. The fourth-order valence-corrected chi connectivity index (χ4v) is 7.01. The molecule has 50 heavy (non-hydrogen) atoms. The SMILES string of the molecule is C=CCNC(=O)C(=O)C(CCCC)NC(=O)[C@@H]1C(C(C)C)CCN1C(=O)[C@@H](NC(=O)N[C@H](CNS(=O)(=O)c1ccccc1)C(C)C)C(C)(C)C. The van der Waals surface area contributed by atoms with E-state index in [2.05, 4.69) is 32.6 Å². The number of hydrogen-bond donors (Lipinski definition) is 5. The molecule has 2 rings (SSSR count). The Bertz CT molecular complexity index is 1440. The van der Waals surface area contributed by atoms with E-state index in [-0.39, 0.29) is 48.7 Å². The van der Waals surface area contributed by atoms with Gasteiger partial charge in [-0.05, 0) is 48.1 Å². The molecule has 0 aromatic heterocycles. The Labute approximate surface area is 298 Å². The van der Waals surface area contributed by atoms with Gasteiger partial charge in [0.1, 0.15) is 12.1 Å². The van der Waals surface area contributed by atoms with Crippen LogP contribution >= 0.6 is 0 Å². The smallest absolute Gasteiger partial charge is 0.315 e. The van der Waals surface area contributed by atoms with Crippen molar-refractivity contribution in [3.05, 3.63) is 43.0 Å². The second kappa shape index (κ2) is 19.0. The third-order valence-corrected chi connectivity index (χ3v) is 10.5. The molecular weight excluding hydrogens is 660 g/mol. The number of sulfonamides is 1. The molecule has 1 aliphatic heterocycles. The Morgan fingerprint density at radius 3 is 2.18 bits per heavy atom. The molecule has 5 atom stereocenters. The third kappa shape index (κ3) is 11.9. The van der Waals surface area contributed by atoms with E-state index in [0.717, 1.165) is 6.42 Å². The number of carbonyl (C=O) groups is 5. The van der Waals surface area contributed by atoms with E-state index >= 15 is 0 Å². The van der Waals surface area contributed by atoms with Crippen molar-refractivity contribution in [3.63, 3.8) is 0 Å². The van der Waals surface area contributed by atoms with Crippen molar-refractivity contribution in [2.75, 3.05) is 19.6 Å². The van der Waals surface area contributed by atoms with Crippen molar-refractivity contribution in [3.8, 4) is 0 Å². The Balaban J connectivity index is 2.29. The Morgan fingerprint density at radius 2 is 1.64 bits per heavy atom. The summed E-state index contributed by atoms with van der Waals surface area (Å²) in [6.07, 6.45) is 3.60. The number of likely N-dealkylation sites (tertiary alicyclic amines) is 1. The predicted octanol–water partition coefficient (Wildman–Crippen LogP) is 3.12. The summed E-state index contributed by atoms with van der Waals surface area (Å²) >= 11 is 0. The van der Waals surface area contributed by atoms with Crippen molar-refractivity contribution in [2.45, 2.75) is 110 Å². The van der Waals surface area contributed by atoms with Crippen LogP contribution < -0.4 is 26.0 Å². The summed E-state index contributed by atoms with van der Waals surface area (Å²) in [5.41, 5.74) is -0.781. The standard InChI is InChI=1S/C36H58N6O7S/c1-10-12-18-27(30(43)33(45)37-20-11-2)39-32(44)29-26(23(3)4)19-21-42(29)34(46)31(36(7,8)9)41-35(47)40-28(24(5)6)22-38-50(48,49)25-16-14-13-15-17-25/h11,13-17,23-24,26-29,31,38H,2,10,12,18-22H2,1,3-9H3,(H,37,45)(H,39,44)(H2,40,41,47)/t26?,27?,28-,29+,31-/m1/s1. The normalized spacial score (nSPS) is 18.2. The zero-order valence-corrected chi connectivity index (χ0v) is 31.7. The number of ketones is 1. The zero-order valence-electron chi connectivity index (χ0n) is 30.9. The molecule has 1 aromatic carbocycles. The monoisotopic (exact) mass is 718 g/mol. The average molecular weight is 719 g/mol. The molecule has 14 heteroatoms. The first kappa shape index (κ1) is 42.4. The molecule has 1 aromatic rings. The highest BCUT2D eigenvalue weighted by Crippen LogP contribution is 2.33. The fraction of sp³-hybridized carbons (Fsp3) is 0.639. The van der Waals surface area contributed by atoms with Crippen LogP contribution in [-0.2, 0) is 29.2 Å². The van der Waals surface area contributed by atoms with Crippen molar-refractivity contribution < 1.29 is 32.4 Å². The molecule has 0 saturated carbocycles. The average Bonchev–Trinajstić information content (AvgIpc) is 3.51. The number of carbonyl (C=O) groups excluding carboxylic acids is 5. The van der Waals surface area contributed by atoms with Gasteiger partial charge in [0.15, 0.2) is 0 Å². The van der Waals surface area contributed by atoms with Gasteiger partial charge in [-0.3, -0.25) is 19.2 Å². The summed E-state index contributed by atoms with van der Waals surface area (Å²) in [6, 6.07) is 3.60. The van der Waals surface area contributed by atoms with E-state index in [1.807, 2.05) is 34.6 Å². The summed E-state index contributed by atoms with van der Waals surface area (Å²) in [5.74, 6) is -2.94. The second-order valence-corrected chi connectivity index (χ2v) is 16.4. The molecule has 280 valence electrons. The van der Waals surface area contributed by atoms with Crippen molar-refractivity contribution in [1.29, 1.82) is 0 Å². The summed E-state index contributed by atoms with van der Waals surface area (Å²) < 4.78 is 28.2. The maximum atomic E-state index is 14.3. The number of nitrogens with zero attached hydrogens (tertiary/aromatic N) is 1. The van der Waals surface area contributed by atoms with Crippen LogP contribution in [0.3, 0.4) is 0 Å². The molecule has 2 unspecified atom stereocenters. The van der Waals surface area contributed by atoms with Gasteiger partial charge in [-0.2, -0.15) is 0 Å². The third-order valence-electron chi connectivity index (χ3n) is 9.02.